The molecular weight excluding hydrogens is 198 g/mol. The van der Waals surface area contributed by atoms with Crippen molar-refractivity contribution in [3.8, 4) is 0 Å². The van der Waals surface area contributed by atoms with E-state index in [0.717, 1.165) is 0 Å². The minimum absolute atomic E-state index is 0.0595. The van der Waals surface area contributed by atoms with Gasteiger partial charge in [-0.25, -0.2) is 4.79 Å². The highest BCUT2D eigenvalue weighted by Gasteiger charge is 2.04. The number of aliphatic hydroxyl groups is 2. The maximum atomic E-state index is 11.3. The summed E-state index contributed by atoms with van der Waals surface area (Å²) in [6, 6.07) is 1.53. The van der Waals surface area contributed by atoms with Gasteiger partial charge in [0.15, 0.2) is 0 Å². The summed E-state index contributed by atoms with van der Waals surface area (Å²) in [5.74, 6) is 0.187. The molecule has 0 aromatic carbocycles. The summed E-state index contributed by atoms with van der Waals surface area (Å²) in [5, 5.41) is 17.9. The Bertz CT molecular complexity index is 364. The van der Waals surface area contributed by atoms with E-state index < -0.39 is 11.8 Å². The van der Waals surface area contributed by atoms with Crippen molar-refractivity contribution in [3.63, 3.8) is 0 Å². The first kappa shape index (κ1) is 11.7. The van der Waals surface area contributed by atoms with Crippen molar-refractivity contribution in [3.05, 3.63) is 22.7 Å². The first-order valence-electron chi connectivity index (χ1n) is 4.75. The second-order valence-corrected chi connectivity index (χ2v) is 3.28. The summed E-state index contributed by atoms with van der Waals surface area (Å²) >= 11 is 0. The number of aliphatic hydroxyl groups excluding tert-OH is 2. The maximum Gasteiger partial charge on any atom is 0.349 e. The Morgan fingerprint density at radius 1 is 1.53 bits per heavy atom. The molecule has 0 saturated carbocycles. The average Bonchev–Trinajstić information content (AvgIpc) is 2.17. The van der Waals surface area contributed by atoms with Crippen molar-refractivity contribution in [2.75, 3.05) is 12.3 Å². The zero-order valence-electron chi connectivity index (χ0n) is 8.33. The van der Waals surface area contributed by atoms with E-state index in [2.05, 4.69) is 4.98 Å². The van der Waals surface area contributed by atoms with Crippen LogP contribution in [0.3, 0.4) is 0 Å². The summed E-state index contributed by atoms with van der Waals surface area (Å²) in [4.78, 5) is 14.8. The standard InChI is InChI=1S/C9H15N3O3/c10-8-2-5-12(9(15)11-8)4-1-7(14)3-6-13/h2,5,7,13-14H,1,3-4,6H2,(H2,10,11,15). The molecule has 1 aromatic rings. The van der Waals surface area contributed by atoms with E-state index in [0.29, 0.717) is 19.4 Å². The second-order valence-electron chi connectivity index (χ2n) is 3.28. The van der Waals surface area contributed by atoms with Crippen LogP contribution in [0.15, 0.2) is 17.1 Å². The summed E-state index contributed by atoms with van der Waals surface area (Å²) in [7, 11) is 0. The van der Waals surface area contributed by atoms with Crippen molar-refractivity contribution in [1.29, 1.82) is 0 Å². The third kappa shape index (κ3) is 3.69. The third-order valence-corrected chi connectivity index (χ3v) is 2.06. The van der Waals surface area contributed by atoms with E-state index in [9.17, 15) is 9.90 Å². The van der Waals surface area contributed by atoms with Gasteiger partial charge in [0.05, 0.1) is 6.10 Å². The van der Waals surface area contributed by atoms with Crippen LogP contribution in [0.4, 0.5) is 5.82 Å². The topological polar surface area (TPSA) is 101 Å². The Morgan fingerprint density at radius 2 is 2.27 bits per heavy atom. The Hall–Kier alpha value is -1.40. The van der Waals surface area contributed by atoms with Gasteiger partial charge in [-0.1, -0.05) is 0 Å². The molecule has 0 aliphatic heterocycles. The zero-order valence-corrected chi connectivity index (χ0v) is 8.33. The van der Waals surface area contributed by atoms with Gasteiger partial charge in [0.25, 0.3) is 0 Å². The summed E-state index contributed by atoms with van der Waals surface area (Å²) in [6.07, 6.45) is 1.67. The molecule has 15 heavy (non-hydrogen) atoms. The largest absolute Gasteiger partial charge is 0.396 e. The lowest BCUT2D eigenvalue weighted by Crippen LogP contribution is -2.25. The van der Waals surface area contributed by atoms with Crippen LogP contribution in [-0.2, 0) is 6.54 Å². The monoisotopic (exact) mass is 213 g/mol. The van der Waals surface area contributed by atoms with Gasteiger partial charge in [-0.15, -0.1) is 0 Å². The SMILES string of the molecule is Nc1ccn(CCC(O)CCO)c(=O)n1. The highest BCUT2D eigenvalue weighted by Crippen LogP contribution is 1.99. The van der Waals surface area contributed by atoms with Crippen LogP contribution in [0, 0.1) is 0 Å². The van der Waals surface area contributed by atoms with E-state index in [4.69, 9.17) is 10.8 Å². The van der Waals surface area contributed by atoms with E-state index in [-0.39, 0.29) is 12.4 Å². The predicted molar refractivity (Wildman–Crippen MR) is 55.2 cm³/mol. The van der Waals surface area contributed by atoms with Crippen molar-refractivity contribution in [2.45, 2.75) is 25.5 Å². The number of hydrogen-bond donors (Lipinski definition) is 3. The van der Waals surface area contributed by atoms with Crippen LogP contribution in [-0.4, -0.2) is 32.5 Å². The molecule has 4 N–H and O–H groups in total. The van der Waals surface area contributed by atoms with Gasteiger partial charge in [-0.05, 0) is 18.9 Å². The first-order valence-corrected chi connectivity index (χ1v) is 4.75. The Balaban J connectivity index is 2.54. The molecule has 1 unspecified atom stereocenters. The molecule has 0 aliphatic rings. The molecule has 0 spiro atoms. The van der Waals surface area contributed by atoms with Gasteiger partial charge in [-0.3, -0.25) is 4.57 Å². The fourth-order valence-corrected chi connectivity index (χ4v) is 1.19. The first-order chi connectivity index (χ1) is 7.13. The molecule has 1 aromatic heterocycles. The lowest BCUT2D eigenvalue weighted by Gasteiger charge is -2.09. The van der Waals surface area contributed by atoms with Gasteiger partial charge < -0.3 is 15.9 Å². The normalized spacial score (nSPS) is 12.7. The molecule has 0 bridgehead atoms. The predicted octanol–water partition coefficient (Wildman–Crippen LogP) is -1.04. The fraction of sp³-hybridized carbons (Fsp3) is 0.556. The van der Waals surface area contributed by atoms with E-state index in [1.807, 2.05) is 0 Å². The van der Waals surface area contributed by atoms with E-state index in [1.165, 1.54) is 16.8 Å². The minimum Gasteiger partial charge on any atom is -0.396 e. The quantitative estimate of drug-likeness (QED) is 0.580. The highest BCUT2D eigenvalue weighted by molar-refractivity contribution is 5.23. The van der Waals surface area contributed by atoms with Crippen LogP contribution in [0.1, 0.15) is 12.8 Å². The number of nitrogen functional groups attached to an aromatic ring is 1. The maximum absolute atomic E-state index is 11.3. The van der Waals surface area contributed by atoms with Crippen LogP contribution >= 0.6 is 0 Å². The smallest absolute Gasteiger partial charge is 0.349 e. The summed E-state index contributed by atoms with van der Waals surface area (Å²) < 4.78 is 1.37. The van der Waals surface area contributed by atoms with Crippen molar-refractivity contribution in [2.24, 2.45) is 0 Å². The zero-order chi connectivity index (χ0) is 11.3. The highest BCUT2D eigenvalue weighted by atomic mass is 16.3. The third-order valence-electron chi connectivity index (χ3n) is 2.06. The number of aromatic nitrogens is 2. The molecule has 6 heteroatoms. The fourth-order valence-electron chi connectivity index (χ4n) is 1.19. The van der Waals surface area contributed by atoms with Crippen molar-refractivity contribution < 1.29 is 10.2 Å². The number of hydrogen-bond acceptors (Lipinski definition) is 5. The number of nitrogens with zero attached hydrogens (tertiary/aromatic N) is 2. The molecule has 1 rings (SSSR count). The lowest BCUT2D eigenvalue weighted by atomic mass is 10.2. The van der Waals surface area contributed by atoms with Crippen LogP contribution < -0.4 is 11.4 Å². The van der Waals surface area contributed by atoms with Gasteiger partial charge in [0.1, 0.15) is 5.82 Å². The van der Waals surface area contributed by atoms with Crippen LogP contribution in [0.2, 0.25) is 0 Å². The molecule has 0 fully saturated rings. The molecule has 6 nitrogen and oxygen atoms in total. The molecule has 0 amide bonds. The van der Waals surface area contributed by atoms with Crippen LogP contribution in [0.25, 0.3) is 0 Å². The molecule has 84 valence electrons. The molecular formula is C9H15N3O3. The average molecular weight is 213 g/mol. The second kappa shape index (κ2) is 5.47. The Labute approximate surface area is 87.0 Å². The van der Waals surface area contributed by atoms with Gasteiger partial charge >= 0.3 is 5.69 Å². The Kier molecular flexibility index (Phi) is 4.26. The summed E-state index contributed by atoms with van der Waals surface area (Å²) in [5.41, 5.74) is 4.90. The number of aryl methyl sites for hydroxylation is 1. The van der Waals surface area contributed by atoms with Gasteiger partial charge in [0, 0.05) is 19.3 Å². The molecule has 0 aliphatic carbocycles. The van der Waals surface area contributed by atoms with Gasteiger partial charge in [0.2, 0.25) is 0 Å². The molecule has 1 atom stereocenters. The molecule has 0 saturated heterocycles. The number of anilines is 1. The van der Waals surface area contributed by atoms with Crippen molar-refractivity contribution >= 4 is 5.82 Å². The Morgan fingerprint density at radius 3 is 2.87 bits per heavy atom. The van der Waals surface area contributed by atoms with E-state index in [1.54, 1.807) is 0 Å². The van der Waals surface area contributed by atoms with Gasteiger partial charge in [-0.2, -0.15) is 4.98 Å². The molecule has 1 heterocycles. The lowest BCUT2D eigenvalue weighted by molar-refractivity contribution is 0.120. The number of nitrogens with two attached hydrogens (primary N) is 1. The molecule has 0 radical (unpaired) electrons. The number of rotatable bonds is 5. The van der Waals surface area contributed by atoms with E-state index >= 15 is 0 Å². The van der Waals surface area contributed by atoms with Crippen LogP contribution in [0.5, 0.6) is 0 Å². The van der Waals surface area contributed by atoms with Crippen molar-refractivity contribution in [1.82, 2.24) is 9.55 Å². The summed E-state index contributed by atoms with van der Waals surface area (Å²) in [6.45, 7) is 0.309. The minimum atomic E-state index is -0.598.